The molecule has 3 nitrogen and oxygen atoms in total. The summed E-state index contributed by atoms with van der Waals surface area (Å²) in [4.78, 5) is 0. The maximum Gasteiger partial charge on any atom is 0.124 e. The van der Waals surface area contributed by atoms with Crippen molar-refractivity contribution in [2.45, 2.75) is 13.5 Å². The van der Waals surface area contributed by atoms with Crippen molar-refractivity contribution in [2.75, 3.05) is 19.5 Å². The van der Waals surface area contributed by atoms with Crippen LogP contribution in [0.15, 0.2) is 36.4 Å². The molecule has 0 aromatic heterocycles. The fourth-order valence-corrected chi connectivity index (χ4v) is 2.10. The van der Waals surface area contributed by atoms with Crippen LogP contribution in [0.3, 0.4) is 0 Å². The molecule has 0 unspecified atom stereocenters. The summed E-state index contributed by atoms with van der Waals surface area (Å²) in [5, 5.41) is 4.09. The summed E-state index contributed by atoms with van der Waals surface area (Å²) < 4.78 is 10.6. The van der Waals surface area contributed by atoms with E-state index in [-0.39, 0.29) is 0 Å². The number of rotatable bonds is 5. The first kappa shape index (κ1) is 14.5. The smallest absolute Gasteiger partial charge is 0.124 e. The summed E-state index contributed by atoms with van der Waals surface area (Å²) in [7, 11) is 3.31. The van der Waals surface area contributed by atoms with Crippen molar-refractivity contribution in [3.8, 4) is 11.5 Å². The molecule has 0 saturated carbocycles. The van der Waals surface area contributed by atoms with E-state index in [1.807, 2.05) is 43.3 Å². The van der Waals surface area contributed by atoms with Gasteiger partial charge in [0.05, 0.1) is 14.2 Å². The number of hydrogen-bond donors (Lipinski definition) is 1. The Labute approximate surface area is 124 Å². The average Bonchev–Trinajstić information content (AvgIpc) is 2.48. The van der Waals surface area contributed by atoms with E-state index < -0.39 is 0 Å². The fraction of sp³-hybridized carbons (Fsp3) is 0.250. The molecule has 0 radical (unpaired) electrons. The van der Waals surface area contributed by atoms with Crippen molar-refractivity contribution >= 4 is 17.3 Å². The van der Waals surface area contributed by atoms with E-state index in [0.717, 1.165) is 33.3 Å². The van der Waals surface area contributed by atoms with E-state index in [2.05, 4.69) is 5.32 Å². The zero-order valence-corrected chi connectivity index (χ0v) is 12.6. The van der Waals surface area contributed by atoms with Crippen molar-refractivity contribution in [3.63, 3.8) is 0 Å². The summed E-state index contributed by atoms with van der Waals surface area (Å²) in [6.07, 6.45) is 0. The molecule has 0 aliphatic heterocycles. The molecule has 20 heavy (non-hydrogen) atoms. The monoisotopic (exact) mass is 291 g/mol. The van der Waals surface area contributed by atoms with Crippen LogP contribution >= 0.6 is 11.6 Å². The van der Waals surface area contributed by atoms with Crippen LogP contribution in [0.25, 0.3) is 0 Å². The lowest BCUT2D eigenvalue weighted by Crippen LogP contribution is -2.02. The van der Waals surface area contributed by atoms with Crippen LogP contribution < -0.4 is 14.8 Å². The zero-order chi connectivity index (χ0) is 14.5. The van der Waals surface area contributed by atoms with Crippen molar-refractivity contribution < 1.29 is 9.47 Å². The van der Waals surface area contributed by atoms with Crippen molar-refractivity contribution in [1.29, 1.82) is 0 Å². The highest BCUT2D eigenvalue weighted by molar-refractivity contribution is 6.31. The van der Waals surface area contributed by atoms with Crippen molar-refractivity contribution in [2.24, 2.45) is 0 Å². The summed E-state index contributed by atoms with van der Waals surface area (Å²) in [6, 6.07) is 11.7. The standard InChI is InChI=1S/C16H18ClNO2/c1-11-4-5-13(9-15(11)17)18-10-12-8-14(19-2)6-7-16(12)20-3/h4-9,18H,10H2,1-3H3. The predicted molar refractivity (Wildman–Crippen MR) is 83.1 cm³/mol. The van der Waals surface area contributed by atoms with Crippen LogP contribution in [0.1, 0.15) is 11.1 Å². The van der Waals surface area contributed by atoms with Gasteiger partial charge in [0, 0.05) is 22.8 Å². The van der Waals surface area contributed by atoms with Gasteiger partial charge in [-0.3, -0.25) is 0 Å². The van der Waals surface area contributed by atoms with Crippen LogP contribution in [0.2, 0.25) is 5.02 Å². The minimum Gasteiger partial charge on any atom is -0.497 e. The molecule has 0 spiro atoms. The summed E-state index contributed by atoms with van der Waals surface area (Å²) in [5.41, 5.74) is 3.07. The Morgan fingerprint density at radius 3 is 2.50 bits per heavy atom. The van der Waals surface area contributed by atoms with Gasteiger partial charge in [0.2, 0.25) is 0 Å². The van der Waals surface area contributed by atoms with Gasteiger partial charge in [-0.25, -0.2) is 0 Å². The van der Waals surface area contributed by atoms with Crippen LogP contribution in [-0.2, 0) is 6.54 Å². The fourth-order valence-electron chi connectivity index (χ4n) is 1.92. The number of ether oxygens (including phenoxy) is 2. The largest absolute Gasteiger partial charge is 0.497 e. The number of methoxy groups -OCH3 is 2. The Morgan fingerprint density at radius 2 is 1.85 bits per heavy atom. The number of anilines is 1. The Morgan fingerprint density at radius 1 is 1.05 bits per heavy atom. The van der Waals surface area contributed by atoms with E-state index in [4.69, 9.17) is 21.1 Å². The first-order valence-electron chi connectivity index (χ1n) is 6.35. The van der Waals surface area contributed by atoms with Gasteiger partial charge < -0.3 is 14.8 Å². The predicted octanol–water partition coefficient (Wildman–Crippen LogP) is 4.28. The summed E-state index contributed by atoms with van der Waals surface area (Å²) in [6.45, 7) is 2.62. The first-order chi connectivity index (χ1) is 9.63. The van der Waals surface area contributed by atoms with E-state index in [0.29, 0.717) is 6.54 Å². The summed E-state index contributed by atoms with van der Waals surface area (Å²) in [5.74, 6) is 1.64. The molecule has 0 bridgehead atoms. The second kappa shape index (κ2) is 6.53. The van der Waals surface area contributed by atoms with E-state index in [9.17, 15) is 0 Å². The molecule has 106 valence electrons. The van der Waals surface area contributed by atoms with E-state index in [1.54, 1.807) is 14.2 Å². The minimum absolute atomic E-state index is 0.639. The Kier molecular flexibility index (Phi) is 4.74. The number of halogens is 1. The molecule has 0 aliphatic rings. The van der Waals surface area contributed by atoms with Crippen LogP contribution in [0.5, 0.6) is 11.5 Å². The minimum atomic E-state index is 0.639. The average molecular weight is 292 g/mol. The highest BCUT2D eigenvalue weighted by Gasteiger charge is 2.05. The molecule has 0 aliphatic carbocycles. The van der Waals surface area contributed by atoms with Crippen LogP contribution in [0, 0.1) is 6.92 Å². The van der Waals surface area contributed by atoms with Gasteiger partial charge >= 0.3 is 0 Å². The molecule has 0 fully saturated rings. The van der Waals surface area contributed by atoms with Crippen molar-refractivity contribution in [3.05, 3.63) is 52.5 Å². The third-order valence-corrected chi connectivity index (χ3v) is 3.55. The number of aryl methyl sites for hydroxylation is 1. The quantitative estimate of drug-likeness (QED) is 0.892. The van der Waals surface area contributed by atoms with Gasteiger partial charge in [-0.05, 0) is 42.8 Å². The normalized spacial score (nSPS) is 10.2. The van der Waals surface area contributed by atoms with Crippen LogP contribution in [-0.4, -0.2) is 14.2 Å². The molecule has 0 atom stereocenters. The lowest BCUT2D eigenvalue weighted by Gasteiger charge is -2.12. The molecule has 0 saturated heterocycles. The third-order valence-electron chi connectivity index (χ3n) is 3.14. The topological polar surface area (TPSA) is 30.5 Å². The van der Waals surface area contributed by atoms with Gasteiger partial charge in [0.25, 0.3) is 0 Å². The molecule has 2 rings (SSSR count). The second-order valence-electron chi connectivity index (χ2n) is 4.50. The first-order valence-corrected chi connectivity index (χ1v) is 6.72. The second-order valence-corrected chi connectivity index (χ2v) is 4.90. The number of hydrogen-bond acceptors (Lipinski definition) is 3. The molecule has 0 heterocycles. The van der Waals surface area contributed by atoms with E-state index >= 15 is 0 Å². The Bertz CT molecular complexity index is 599. The highest BCUT2D eigenvalue weighted by atomic mass is 35.5. The summed E-state index contributed by atoms with van der Waals surface area (Å²) >= 11 is 6.12. The van der Waals surface area contributed by atoms with Gasteiger partial charge in [0.15, 0.2) is 0 Å². The molecule has 4 heteroatoms. The number of nitrogens with one attached hydrogen (secondary N) is 1. The molecular weight excluding hydrogens is 274 g/mol. The van der Waals surface area contributed by atoms with Gasteiger partial charge in [-0.1, -0.05) is 17.7 Å². The molecule has 2 aromatic carbocycles. The Balaban J connectivity index is 2.15. The third kappa shape index (κ3) is 3.36. The zero-order valence-electron chi connectivity index (χ0n) is 11.9. The van der Waals surface area contributed by atoms with Gasteiger partial charge in [-0.15, -0.1) is 0 Å². The maximum atomic E-state index is 6.12. The number of benzene rings is 2. The highest BCUT2D eigenvalue weighted by Crippen LogP contribution is 2.26. The SMILES string of the molecule is COc1ccc(OC)c(CNc2ccc(C)c(Cl)c2)c1. The molecular formula is C16H18ClNO2. The molecule has 1 N–H and O–H groups in total. The van der Waals surface area contributed by atoms with Crippen molar-refractivity contribution in [1.82, 2.24) is 0 Å². The maximum absolute atomic E-state index is 6.12. The van der Waals surface area contributed by atoms with Gasteiger partial charge in [0.1, 0.15) is 11.5 Å². The molecule has 2 aromatic rings. The Hall–Kier alpha value is -1.87. The lowest BCUT2D eigenvalue weighted by molar-refractivity contribution is 0.399. The molecule has 0 amide bonds. The van der Waals surface area contributed by atoms with Gasteiger partial charge in [-0.2, -0.15) is 0 Å². The van der Waals surface area contributed by atoms with E-state index in [1.165, 1.54) is 0 Å². The van der Waals surface area contributed by atoms with Crippen LogP contribution in [0.4, 0.5) is 5.69 Å². The lowest BCUT2D eigenvalue weighted by atomic mass is 10.1.